The molecule has 0 spiro atoms. The summed E-state index contributed by atoms with van der Waals surface area (Å²) in [6, 6.07) is 30.5. The second kappa shape index (κ2) is 10.5. The second-order valence-electron chi connectivity index (χ2n) is 9.93. The summed E-state index contributed by atoms with van der Waals surface area (Å²) in [4.78, 5) is 29.6. The fraction of sp³-hybridized carbons (Fsp3) is 0.0882. The number of rotatable bonds is 7. The highest BCUT2D eigenvalue weighted by molar-refractivity contribution is 6.03. The Morgan fingerprint density at radius 3 is 2.48 bits per heavy atom. The SMILES string of the molecule is C[C@H](NC(=O)c1cc(-c2ccccc2)cn2ccc(Cc3ccc4cccnc4c3)c12)c1ccc(C(=O)O)cc1. The fourth-order valence-electron chi connectivity index (χ4n) is 5.14. The molecular formula is C34H27N3O3. The van der Waals surface area contributed by atoms with E-state index in [2.05, 4.69) is 40.8 Å². The van der Waals surface area contributed by atoms with Gasteiger partial charge in [-0.05, 0) is 77.6 Å². The monoisotopic (exact) mass is 525 g/mol. The van der Waals surface area contributed by atoms with Crippen LogP contribution >= 0.6 is 0 Å². The minimum absolute atomic E-state index is 0.197. The van der Waals surface area contributed by atoms with Gasteiger partial charge in [-0.2, -0.15) is 0 Å². The zero-order valence-corrected chi connectivity index (χ0v) is 21.9. The molecule has 196 valence electrons. The highest BCUT2D eigenvalue weighted by Gasteiger charge is 2.19. The number of aromatic carboxylic acids is 1. The average molecular weight is 526 g/mol. The minimum Gasteiger partial charge on any atom is -0.478 e. The molecule has 2 N–H and O–H groups in total. The summed E-state index contributed by atoms with van der Waals surface area (Å²) in [6.45, 7) is 1.90. The van der Waals surface area contributed by atoms with Crippen LogP contribution in [0.15, 0.2) is 116 Å². The van der Waals surface area contributed by atoms with E-state index in [-0.39, 0.29) is 17.5 Å². The van der Waals surface area contributed by atoms with Crippen LogP contribution in [0, 0.1) is 0 Å². The number of hydrogen-bond acceptors (Lipinski definition) is 3. The molecule has 6 rings (SSSR count). The smallest absolute Gasteiger partial charge is 0.335 e. The van der Waals surface area contributed by atoms with Gasteiger partial charge < -0.3 is 14.8 Å². The Kier molecular flexibility index (Phi) is 6.58. The average Bonchev–Trinajstić information content (AvgIpc) is 3.39. The van der Waals surface area contributed by atoms with E-state index in [1.54, 1.807) is 30.5 Å². The lowest BCUT2D eigenvalue weighted by atomic mass is 9.99. The Balaban J connectivity index is 1.39. The third-order valence-electron chi connectivity index (χ3n) is 7.25. The number of aromatic nitrogens is 2. The molecule has 0 radical (unpaired) electrons. The summed E-state index contributed by atoms with van der Waals surface area (Å²) in [5.74, 6) is -1.18. The van der Waals surface area contributed by atoms with Crippen LogP contribution in [0.3, 0.4) is 0 Å². The molecule has 0 fully saturated rings. The second-order valence-corrected chi connectivity index (χ2v) is 9.93. The van der Waals surface area contributed by atoms with Crippen LogP contribution in [-0.2, 0) is 6.42 Å². The first-order chi connectivity index (χ1) is 19.5. The summed E-state index contributed by atoms with van der Waals surface area (Å²) < 4.78 is 2.03. The lowest BCUT2D eigenvalue weighted by Gasteiger charge is -2.17. The Bertz CT molecular complexity index is 1860. The molecule has 1 amide bonds. The number of carbonyl (C=O) groups is 2. The van der Waals surface area contributed by atoms with E-state index in [9.17, 15) is 14.7 Å². The van der Waals surface area contributed by atoms with Gasteiger partial charge >= 0.3 is 5.97 Å². The number of carboxylic acids is 1. The summed E-state index contributed by atoms with van der Waals surface area (Å²) >= 11 is 0. The highest BCUT2D eigenvalue weighted by Crippen LogP contribution is 2.28. The number of fused-ring (bicyclic) bond motifs is 2. The third-order valence-corrected chi connectivity index (χ3v) is 7.25. The maximum absolute atomic E-state index is 13.8. The number of nitrogens with one attached hydrogen (secondary N) is 1. The Labute approximate surface area is 231 Å². The molecule has 40 heavy (non-hydrogen) atoms. The highest BCUT2D eigenvalue weighted by atomic mass is 16.4. The van der Waals surface area contributed by atoms with Crippen molar-refractivity contribution in [2.24, 2.45) is 0 Å². The molecule has 6 heteroatoms. The number of carbonyl (C=O) groups excluding carboxylic acids is 1. The van der Waals surface area contributed by atoms with Gasteiger partial charge in [-0.1, -0.05) is 60.7 Å². The van der Waals surface area contributed by atoms with E-state index < -0.39 is 5.97 Å². The molecule has 3 aromatic carbocycles. The van der Waals surface area contributed by atoms with Crippen LogP contribution in [-0.4, -0.2) is 26.4 Å². The van der Waals surface area contributed by atoms with E-state index in [4.69, 9.17) is 0 Å². The van der Waals surface area contributed by atoms with Crippen LogP contribution in [0.2, 0.25) is 0 Å². The predicted octanol–water partition coefficient (Wildman–Crippen LogP) is 6.93. The minimum atomic E-state index is -0.980. The van der Waals surface area contributed by atoms with Gasteiger partial charge in [0.2, 0.25) is 0 Å². The van der Waals surface area contributed by atoms with Gasteiger partial charge in [0.15, 0.2) is 0 Å². The van der Waals surface area contributed by atoms with Gasteiger partial charge in [-0.15, -0.1) is 0 Å². The molecule has 6 nitrogen and oxygen atoms in total. The molecule has 0 aliphatic heterocycles. The number of nitrogens with zero attached hydrogens (tertiary/aromatic N) is 2. The number of benzene rings is 3. The fourth-order valence-corrected chi connectivity index (χ4v) is 5.14. The van der Waals surface area contributed by atoms with Gasteiger partial charge in [0.1, 0.15) is 0 Å². The van der Waals surface area contributed by atoms with Crippen LogP contribution in [0.5, 0.6) is 0 Å². The van der Waals surface area contributed by atoms with Gasteiger partial charge in [-0.25, -0.2) is 4.79 Å². The van der Waals surface area contributed by atoms with Gasteiger partial charge in [-0.3, -0.25) is 9.78 Å². The van der Waals surface area contributed by atoms with Gasteiger partial charge in [0.25, 0.3) is 5.91 Å². The molecule has 0 saturated carbocycles. The first-order valence-electron chi connectivity index (χ1n) is 13.1. The van der Waals surface area contributed by atoms with Crippen LogP contribution < -0.4 is 5.32 Å². The maximum atomic E-state index is 13.8. The number of amides is 1. The van der Waals surface area contributed by atoms with Crippen molar-refractivity contribution in [2.75, 3.05) is 0 Å². The molecule has 0 saturated heterocycles. The van der Waals surface area contributed by atoms with Crippen LogP contribution in [0.1, 0.15) is 50.4 Å². The van der Waals surface area contributed by atoms with E-state index in [1.165, 1.54) is 0 Å². The predicted molar refractivity (Wildman–Crippen MR) is 157 cm³/mol. The normalized spacial score (nSPS) is 11.9. The Morgan fingerprint density at radius 2 is 1.70 bits per heavy atom. The van der Waals surface area contributed by atoms with E-state index in [0.717, 1.165) is 44.2 Å². The summed E-state index contributed by atoms with van der Waals surface area (Å²) in [5, 5.41) is 13.4. The lowest BCUT2D eigenvalue weighted by molar-refractivity contribution is 0.0696. The molecule has 0 bridgehead atoms. The Hall–Kier alpha value is -5.23. The van der Waals surface area contributed by atoms with Crippen molar-refractivity contribution in [2.45, 2.75) is 19.4 Å². The summed E-state index contributed by atoms with van der Waals surface area (Å²) in [5.41, 5.74) is 7.52. The summed E-state index contributed by atoms with van der Waals surface area (Å²) in [6.07, 6.45) is 6.51. The largest absolute Gasteiger partial charge is 0.478 e. The molecule has 0 aliphatic carbocycles. The van der Waals surface area contributed by atoms with Gasteiger partial charge in [0.05, 0.1) is 28.2 Å². The first-order valence-corrected chi connectivity index (χ1v) is 13.1. The van der Waals surface area contributed by atoms with Crippen LogP contribution in [0.4, 0.5) is 0 Å². The molecule has 6 aromatic rings. The molecule has 3 heterocycles. The summed E-state index contributed by atoms with van der Waals surface area (Å²) in [7, 11) is 0. The molecule has 1 atom stereocenters. The molecular weight excluding hydrogens is 498 g/mol. The molecule has 0 aliphatic rings. The van der Waals surface area contributed by atoms with E-state index in [1.807, 2.05) is 66.1 Å². The maximum Gasteiger partial charge on any atom is 0.335 e. The Morgan fingerprint density at radius 1 is 0.900 bits per heavy atom. The zero-order chi connectivity index (χ0) is 27.6. The van der Waals surface area contributed by atoms with Crippen molar-refractivity contribution in [3.05, 3.63) is 143 Å². The third kappa shape index (κ3) is 4.95. The number of carboxylic acid groups (broad SMARTS) is 1. The first kappa shape index (κ1) is 25.1. The zero-order valence-electron chi connectivity index (χ0n) is 21.9. The van der Waals surface area contributed by atoms with Crippen molar-refractivity contribution in [3.8, 4) is 11.1 Å². The topological polar surface area (TPSA) is 83.7 Å². The van der Waals surface area contributed by atoms with Crippen molar-refractivity contribution >= 4 is 28.3 Å². The van der Waals surface area contributed by atoms with Crippen molar-refractivity contribution in [1.29, 1.82) is 0 Å². The lowest BCUT2D eigenvalue weighted by Crippen LogP contribution is -2.27. The molecule has 3 aromatic heterocycles. The van der Waals surface area contributed by atoms with Crippen molar-refractivity contribution in [1.82, 2.24) is 14.7 Å². The quantitative estimate of drug-likeness (QED) is 0.237. The number of pyridine rings is 2. The number of hydrogen-bond donors (Lipinski definition) is 2. The van der Waals surface area contributed by atoms with E-state index >= 15 is 0 Å². The van der Waals surface area contributed by atoms with E-state index in [0.29, 0.717) is 12.0 Å². The van der Waals surface area contributed by atoms with Gasteiger partial charge in [0, 0.05) is 24.0 Å². The standard InChI is InChI=1S/C34H27N3O3/c1-22(24-11-13-27(14-12-24)34(39)40)36-33(38)30-20-29(25-6-3-2-4-7-25)21-37-17-15-28(32(30)37)18-23-9-10-26-8-5-16-35-31(26)19-23/h2-17,19-22H,18H2,1H3,(H,36,38)(H,39,40)/t22-/m0/s1. The van der Waals surface area contributed by atoms with Crippen molar-refractivity contribution < 1.29 is 14.7 Å². The van der Waals surface area contributed by atoms with Crippen molar-refractivity contribution in [3.63, 3.8) is 0 Å². The van der Waals surface area contributed by atoms with Crippen LogP contribution in [0.25, 0.3) is 27.5 Å². The molecule has 0 unspecified atom stereocenters.